The maximum Gasteiger partial charge on any atom is 0.244 e. The van der Waals surface area contributed by atoms with E-state index in [2.05, 4.69) is 0 Å². The lowest BCUT2D eigenvalue weighted by Crippen LogP contribution is -2.55. The highest BCUT2D eigenvalue weighted by atomic mass is 19.1. The largest absolute Gasteiger partial charge is 0.310 e. The van der Waals surface area contributed by atoms with E-state index in [1.54, 1.807) is 49.1 Å². The van der Waals surface area contributed by atoms with Gasteiger partial charge in [0, 0.05) is 30.9 Å². The molecule has 1 aliphatic heterocycles. The second kappa shape index (κ2) is 6.69. The van der Waals surface area contributed by atoms with Gasteiger partial charge in [-0.3, -0.25) is 9.69 Å². The molecular formula is C19H20F2N2O. The van der Waals surface area contributed by atoms with Crippen molar-refractivity contribution in [2.45, 2.75) is 26.4 Å². The molecule has 2 aromatic rings. The summed E-state index contributed by atoms with van der Waals surface area (Å²) in [6, 6.07) is 11.0. The first-order valence-corrected chi connectivity index (χ1v) is 8.02. The van der Waals surface area contributed by atoms with Crippen molar-refractivity contribution in [1.29, 1.82) is 0 Å². The minimum absolute atomic E-state index is 0.0964. The van der Waals surface area contributed by atoms with Gasteiger partial charge in [0.1, 0.15) is 11.6 Å². The Morgan fingerprint density at radius 1 is 1.08 bits per heavy atom. The minimum Gasteiger partial charge on any atom is -0.310 e. The highest BCUT2D eigenvalue weighted by molar-refractivity contribution is 5.97. The van der Waals surface area contributed by atoms with Crippen LogP contribution in [0.5, 0.6) is 0 Å². The van der Waals surface area contributed by atoms with Crippen LogP contribution in [0, 0.1) is 18.6 Å². The van der Waals surface area contributed by atoms with Crippen molar-refractivity contribution in [2.75, 3.05) is 18.0 Å². The van der Waals surface area contributed by atoms with Crippen LogP contribution in [0.15, 0.2) is 42.5 Å². The molecule has 1 amide bonds. The maximum absolute atomic E-state index is 13.8. The van der Waals surface area contributed by atoms with Gasteiger partial charge in [-0.1, -0.05) is 24.3 Å². The van der Waals surface area contributed by atoms with Gasteiger partial charge >= 0.3 is 0 Å². The molecule has 5 heteroatoms. The Bertz CT molecular complexity index is 763. The lowest BCUT2D eigenvalue weighted by molar-refractivity contribution is -0.125. The fourth-order valence-corrected chi connectivity index (χ4v) is 2.98. The summed E-state index contributed by atoms with van der Waals surface area (Å²) in [5.74, 6) is -0.678. The zero-order valence-corrected chi connectivity index (χ0v) is 13.8. The highest BCUT2D eigenvalue weighted by Gasteiger charge is 2.32. The third kappa shape index (κ3) is 3.17. The number of hydrogen-bond acceptors (Lipinski definition) is 2. The number of carbonyl (C=O) groups is 1. The molecule has 1 unspecified atom stereocenters. The molecule has 0 spiro atoms. The van der Waals surface area contributed by atoms with Crippen LogP contribution in [0.4, 0.5) is 14.5 Å². The zero-order valence-electron chi connectivity index (χ0n) is 13.8. The van der Waals surface area contributed by atoms with E-state index in [0.717, 1.165) is 0 Å². The molecule has 0 bridgehead atoms. The second-order valence-corrected chi connectivity index (χ2v) is 6.16. The normalized spacial score (nSPS) is 18.9. The highest BCUT2D eigenvalue weighted by Crippen LogP contribution is 2.24. The van der Waals surface area contributed by atoms with Crippen molar-refractivity contribution >= 4 is 11.6 Å². The fourth-order valence-electron chi connectivity index (χ4n) is 2.98. The SMILES string of the molecule is Cc1ccc(N2CCN(Cc3ccccc3F)C(C)C2=O)cc1F. The first-order valence-electron chi connectivity index (χ1n) is 8.02. The Balaban J connectivity index is 1.76. The molecule has 1 atom stereocenters. The van der Waals surface area contributed by atoms with Crippen LogP contribution in [0.2, 0.25) is 0 Å². The summed E-state index contributed by atoms with van der Waals surface area (Å²) in [4.78, 5) is 16.2. The molecule has 0 N–H and O–H groups in total. The van der Waals surface area contributed by atoms with E-state index >= 15 is 0 Å². The Morgan fingerprint density at radius 2 is 1.83 bits per heavy atom. The molecule has 0 aliphatic carbocycles. The number of aryl methyl sites for hydroxylation is 1. The molecule has 0 aromatic heterocycles. The van der Waals surface area contributed by atoms with Crippen molar-refractivity contribution in [1.82, 2.24) is 4.90 Å². The van der Waals surface area contributed by atoms with E-state index in [1.807, 2.05) is 4.90 Å². The monoisotopic (exact) mass is 330 g/mol. The quantitative estimate of drug-likeness (QED) is 0.860. The number of piperazine rings is 1. The average molecular weight is 330 g/mol. The van der Waals surface area contributed by atoms with Crippen molar-refractivity contribution < 1.29 is 13.6 Å². The lowest BCUT2D eigenvalue weighted by atomic mass is 10.1. The number of rotatable bonds is 3. The second-order valence-electron chi connectivity index (χ2n) is 6.16. The Hall–Kier alpha value is -2.27. The lowest BCUT2D eigenvalue weighted by Gasteiger charge is -2.39. The number of carbonyl (C=O) groups excluding carboxylic acids is 1. The van der Waals surface area contributed by atoms with Gasteiger partial charge in [-0.2, -0.15) is 0 Å². The summed E-state index contributed by atoms with van der Waals surface area (Å²) in [7, 11) is 0. The van der Waals surface area contributed by atoms with Gasteiger partial charge in [-0.25, -0.2) is 8.78 Å². The Kier molecular flexibility index (Phi) is 4.62. The van der Waals surface area contributed by atoms with E-state index in [1.165, 1.54) is 12.1 Å². The van der Waals surface area contributed by atoms with Crippen LogP contribution in [-0.2, 0) is 11.3 Å². The number of hydrogen-bond donors (Lipinski definition) is 0. The van der Waals surface area contributed by atoms with Crippen molar-refractivity contribution in [3.8, 4) is 0 Å². The van der Waals surface area contributed by atoms with Gasteiger partial charge < -0.3 is 4.90 Å². The summed E-state index contributed by atoms with van der Waals surface area (Å²) in [6.45, 7) is 4.95. The van der Waals surface area contributed by atoms with Crippen LogP contribution in [0.25, 0.3) is 0 Å². The van der Waals surface area contributed by atoms with Gasteiger partial charge in [0.25, 0.3) is 0 Å². The molecule has 2 aromatic carbocycles. The van der Waals surface area contributed by atoms with Crippen LogP contribution in [0.3, 0.4) is 0 Å². The van der Waals surface area contributed by atoms with Crippen LogP contribution in [-0.4, -0.2) is 29.9 Å². The number of amides is 1. The van der Waals surface area contributed by atoms with E-state index in [4.69, 9.17) is 0 Å². The third-order valence-electron chi connectivity index (χ3n) is 4.58. The number of anilines is 1. The van der Waals surface area contributed by atoms with Gasteiger partial charge in [0.2, 0.25) is 5.91 Å². The van der Waals surface area contributed by atoms with E-state index in [0.29, 0.717) is 36.4 Å². The van der Waals surface area contributed by atoms with Crippen molar-refractivity contribution in [3.63, 3.8) is 0 Å². The predicted octanol–water partition coefficient (Wildman–Crippen LogP) is 3.51. The van der Waals surface area contributed by atoms with Gasteiger partial charge in [0.05, 0.1) is 6.04 Å². The molecule has 24 heavy (non-hydrogen) atoms. The number of halogens is 2. The third-order valence-corrected chi connectivity index (χ3v) is 4.58. The summed E-state index contributed by atoms with van der Waals surface area (Å²) in [6.07, 6.45) is 0. The van der Waals surface area contributed by atoms with Crippen LogP contribution >= 0.6 is 0 Å². The van der Waals surface area contributed by atoms with Gasteiger partial charge in [-0.15, -0.1) is 0 Å². The molecular weight excluding hydrogens is 310 g/mol. The molecule has 3 nitrogen and oxygen atoms in total. The van der Waals surface area contributed by atoms with E-state index in [-0.39, 0.29) is 23.6 Å². The molecule has 1 aliphatic rings. The Morgan fingerprint density at radius 3 is 2.54 bits per heavy atom. The van der Waals surface area contributed by atoms with Crippen LogP contribution < -0.4 is 4.90 Å². The Labute approximate surface area is 140 Å². The minimum atomic E-state index is -0.386. The molecule has 1 heterocycles. The topological polar surface area (TPSA) is 23.6 Å². The zero-order chi connectivity index (χ0) is 17.3. The number of nitrogens with zero attached hydrogens (tertiary/aromatic N) is 2. The summed E-state index contributed by atoms with van der Waals surface area (Å²) in [5, 5.41) is 0. The summed E-state index contributed by atoms with van der Waals surface area (Å²) >= 11 is 0. The first kappa shape index (κ1) is 16.6. The van der Waals surface area contributed by atoms with Crippen molar-refractivity contribution in [2.24, 2.45) is 0 Å². The van der Waals surface area contributed by atoms with E-state index in [9.17, 15) is 13.6 Å². The van der Waals surface area contributed by atoms with Gasteiger partial charge in [-0.05, 0) is 37.6 Å². The number of benzene rings is 2. The molecule has 126 valence electrons. The fraction of sp³-hybridized carbons (Fsp3) is 0.316. The smallest absolute Gasteiger partial charge is 0.244 e. The van der Waals surface area contributed by atoms with E-state index < -0.39 is 0 Å². The van der Waals surface area contributed by atoms with Crippen molar-refractivity contribution in [3.05, 3.63) is 65.2 Å². The standard InChI is InChI=1S/C19H20F2N2O/c1-13-7-8-16(11-18(13)21)23-10-9-22(14(2)19(23)24)12-15-5-3-4-6-17(15)20/h3-8,11,14H,9-10,12H2,1-2H3. The van der Waals surface area contributed by atoms with Gasteiger partial charge in [0.15, 0.2) is 0 Å². The molecule has 1 fully saturated rings. The summed E-state index contributed by atoms with van der Waals surface area (Å²) < 4.78 is 27.6. The predicted molar refractivity (Wildman–Crippen MR) is 89.8 cm³/mol. The first-order chi connectivity index (χ1) is 11.5. The maximum atomic E-state index is 13.8. The molecule has 0 radical (unpaired) electrons. The molecule has 0 saturated carbocycles. The summed E-state index contributed by atoms with van der Waals surface area (Å²) in [5.41, 5.74) is 1.70. The molecule has 1 saturated heterocycles. The average Bonchev–Trinajstić information content (AvgIpc) is 2.57. The molecule has 3 rings (SSSR count). The van der Waals surface area contributed by atoms with Crippen LogP contribution in [0.1, 0.15) is 18.1 Å².